The van der Waals surface area contributed by atoms with Crippen LogP contribution in [0.1, 0.15) is 20.8 Å². The first-order valence-corrected chi connectivity index (χ1v) is 6.53. The van der Waals surface area contributed by atoms with E-state index in [2.05, 4.69) is 0 Å². The zero-order valence-corrected chi connectivity index (χ0v) is 15.4. The second kappa shape index (κ2) is 29.4. The second-order valence-corrected chi connectivity index (χ2v) is 2.25. The quantitative estimate of drug-likeness (QED) is 0.317. The van der Waals surface area contributed by atoms with Crippen LogP contribution in [0.25, 0.3) is 0 Å². The van der Waals surface area contributed by atoms with Crippen molar-refractivity contribution >= 4 is 17.9 Å². The molecule has 8 nitrogen and oxygen atoms in total. The summed E-state index contributed by atoms with van der Waals surface area (Å²) in [5.41, 5.74) is 0. The molecule has 16 heavy (non-hydrogen) atoms. The summed E-state index contributed by atoms with van der Waals surface area (Å²) in [5, 5.41) is 26.7. The Hall–Kier alpha value is 0.0619. The predicted molar refractivity (Wildman–Crippen MR) is 33.4 cm³/mol. The standard InChI is InChI=1S/3C2H4O2.Na.2O.U/c3*1-2(3)4;;;;/h3*1H3,(H,3,4);;;;/q;;;+1;;;+2/p-3. The summed E-state index contributed by atoms with van der Waals surface area (Å²) in [6.07, 6.45) is 0. The summed E-state index contributed by atoms with van der Waals surface area (Å²) in [4.78, 5) is 26.7. The molecule has 0 rings (SSSR count). The van der Waals surface area contributed by atoms with Gasteiger partial charge < -0.3 is 29.7 Å². The Morgan fingerprint density at radius 2 is 0.750 bits per heavy atom. The average Bonchev–Trinajstić information content (AvgIpc) is 1.81. The number of hydrogen-bond acceptors (Lipinski definition) is 8. The number of rotatable bonds is 0. The molecular weight excluding hydrogens is 461 g/mol. The molecule has 0 aromatic heterocycles. The third-order valence-electron chi connectivity index (χ3n) is 0. The number of aliphatic carboxylic acids is 3. The molecule has 0 saturated heterocycles. The molecule has 0 saturated carbocycles. The topological polar surface area (TPSA) is 155 Å². The molecule has 86 valence electrons. The Bertz CT molecular complexity index is 182. The van der Waals surface area contributed by atoms with E-state index in [1.54, 1.807) is 0 Å². The minimum atomic E-state index is -2.51. The average molecular weight is 470 g/mol. The van der Waals surface area contributed by atoms with E-state index in [0.29, 0.717) is 0 Å². The van der Waals surface area contributed by atoms with Crippen molar-refractivity contribution in [2.24, 2.45) is 0 Å². The normalized spacial score (nSPS) is 5.19. The first-order chi connectivity index (χ1) is 6.61. The fraction of sp³-hybridized carbons (Fsp3) is 0.500. The minimum absolute atomic E-state index is 0. The van der Waals surface area contributed by atoms with E-state index >= 15 is 0 Å². The van der Waals surface area contributed by atoms with Gasteiger partial charge in [0.25, 0.3) is 0 Å². The van der Waals surface area contributed by atoms with Gasteiger partial charge in [0.1, 0.15) is 0 Å². The SMILES string of the molecule is CC(=O)[O-].CC(=O)[O-].CC(=O)[O-].[Na+].[O]=[U+2]=[O]. The zero-order valence-electron chi connectivity index (χ0n) is 9.27. The molecule has 10 heteroatoms. The molecule has 0 aromatic carbocycles. The molecule has 0 radical (unpaired) electrons. The summed E-state index contributed by atoms with van der Waals surface area (Å²) in [7, 11) is 0. The number of carbonyl (C=O) groups excluding carboxylic acids is 3. The van der Waals surface area contributed by atoms with Crippen LogP contribution in [-0.2, 0) is 18.9 Å². The fourth-order valence-corrected chi connectivity index (χ4v) is 0. The van der Waals surface area contributed by atoms with Crippen molar-refractivity contribution in [1.29, 1.82) is 0 Å². The van der Waals surface area contributed by atoms with Crippen LogP contribution in [0.2, 0.25) is 0 Å². The van der Waals surface area contributed by atoms with Crippen LogP contribution in [0.4, 0.5) is 0 Å². The Kier molecular flexibility index (Phi) is 54.8. The summed E-state index contributed by atoms with van der Waals surface area (Å²) in [5.74, 6) is -3.25. The molecule has 0 aliphatic carbocycles. The maximum absolute atomic E-state index is 8.89. The number of carboxylic acids is 3. The number of carboxylic acid groups (broad SMARTS) is 3. The van der Waals surface area contributed by atoms with E-state index in [9.17, 15) is 0 Å². The molecule has 0 spiro atoms. The van der Waals surface area contributed by atoms with Crippen molar-refractivity contribution in [3.05, 3.63) is 0 Å². The van der Waals surface area contributed by atoms with Crippen LogP contribution < -0.4 is 44.9 Å². The summed E-state index contributed by atoms with van der Waals surface area (Å²) >= 11 is -2.51. The van der Waals surface area contributed by atoms with Gasteiger partial charge in [-0.3, -0.25) is 0 Å². The van der Waals surface area contributed by atoms with Crippen molar-refractivity contribution in [3.63, 3.8) is 0 Å². The molecule has 0 aromatic rings. The van der Waals surface area contributed by atoms with Gasteiger partial charge >= 0.3 is 61.8 Å². The van der Waals surface area contributed by atoms with Crippen molar-refractivity contribution in [3.8, 4) is 0 Å². The van der Waals surface area contributed by atoms with Crippen LogP contribution in [0, 0.1) is 27.8 Å². The van der Waals surface area contributed by atoms with Crippen molar-refractivity contribution in [1.82, 2.24) is 0 Å². The number of carbonyl (C=O) groups is 3. The predicted octanol–water partition coefficient (Wildman–Crippen LogP) is -6.96. The first kappa shape index (κ1) is 29.8. The molecule has 0 aliphatic rings. The van der Waals surface area contributed by atoms with E-state index in [-0.39, 0.29) is 29.6 Å². The van der Waals surface area contributed by atoms with Gasteiger partial charge in [-0.25, -0.2) is 0 Å². The van der Waals surface area contributed by atoms with Gasteiger partial charge in [-0.15, -0.1) is 0 Å². The fourth-order valence-electron chi connectivity index (χ4n) is 0. The van der Waals surface area contributed by atoms with E-state index in [1.807, 2.05) is 0 Å². The molecule has 0 bridgehead atoms. The van der Waals surface area contributed by atoms with Crippen LogP contribution in [0.5, 0.6) is 0 Å². The molecular formula is C6H9NaO8U. The Morgan fingerprint density at radius 1 is 0.750 bits per heavy atom. The van der Waals surface area contributed by atoms with E-state index in [1.165, 1.54) is 0 Å². The van der Waals surface area contributed by atoms with Crippen molar-refractivity contribution in [2.75, 3.05) is 0 Å². The number of hydrogen-bond donors (Lipinski definition) is 0. The third kappa shape index (κ3) is 625000. The van der Waals surface area contributed by atoms with Gasteiger partial charge in [-0.1, -0.05) is 0 Å². The molecule has 0 fully saturated rings. The molecule has 0 atom stereocenters. The Morgan fingerprint density at radius 3 is 0.750 bits per heavy atom. The molecule has 0 N–H and O–H groups in total. The summed E-state index contributed by atoms with van der Waals surface area (Å²) < 4.78 is 17.2. The first-order valence-electron chi connectivity index (χ1n) is 3.13. The van der Waals surface area contributed by atoms with Crippen LogP contribution in [-0.4, -0.2) is 17.9 Å². The second-order valence-electron chi connectivity index (χ2n) is 1.56. The monoisotopic (exact) mass is 470 g/mol. The zero-order chi connectivity index (χ0) is 13.4. The summed E-state index contributed by atoms with van der Waals surface area (Å²) in [6, 6.07) is 0. The van der Waals surface area contributed by atoms with Gasteiger partial charge in [0, 0.05) is 17.9 Å². The Labute approximate surface area is 129 Å². The Balaban J connectivity index is -0.0000000331. The van der Waals surface area contributed by atoms with Crippen LogP contribution >= 0.6 is 0 Å². The molecule has 0 heterocycles. The van der Waals surface area contributed by atoms with Crippen molar-refractivity contribution in [2.45, 2.75) is 20.8 Å². The molecule has 0 unspecified atom stereocenters. The van der Waals surface area contributed by atoms with E-state index < -0.39 is 45.7 Å². The van der Waals surface area contributed by atoms with Crippen LogP contribution in [0.15, 0.2) is 0 Å². The third-order valence-corrected chi connectivity index (χ3v) is 0. The molecule has 0 amide bonds. The maximum atomic E-state index is 8.89. The van der Waals surface area contributed by atoms with E-state index in [4.69, 9.17) is 34.2 Å². The van der Waals surface area contributed by atoms with Gasteiger partial charge in [0.15, 0.2) is 0 Å². The molecule has 0 aliphatic heterocycles. The van der Waals surface area contributed by atoms with Gasteiger partial charge in [0.2, 0.25) is 0 Å². The van der Waals surface area contributed by atoms with Crippen LogP contribution in [0.3, 0.4) is 0 Å². The van der Waals surface area contributed by atoms with Gasteiger partial charge in [-0.2, -0.15) is 0 Å². The van der Waals surface area contributed by atoms with Crippen molar-refractivity contribution < 1.29 is 91.6 Å². The summed E-state index contributed by atoms with van der Waals surface area (Å²) in [6.45, 7) is 2.92. The van der Waals surface area contributed by atoms with E-state index in [0.717, 1.165) is 20.8 Å². The van der Waals surface area contributed by atoms with Gasteiger partial charge in [0.05, 0.1) is 0 Å². The van der Waals surface area contributed by atoms with Gasteiger partial charge in [-0.05, 0) is 20.8 Å².